The lowest BCUT2D eigenvalue weighted by Gasteiger charge is -2.34. The highest BCUT2D eigenvalue weighted by Gasteiger charge is 2.50. The van der Waals surface area contributed by atoms with Gasteiger partial charge in [-0.1, -0.05) is 44.8 Å². The molecular formula is C8H13NOS2. The molecule has 0 aromatic rings. The minimum absolute atomic E-state index is 0.0324. The minimum Gasteiger partial charge on any atom is -0.310 e. The summed E-state index contributed by atoms with van der Waals surface area (Å²) >= 11 is 6.40. The number of nitrogens with one attached hydrogen (secondary N) is 1. The van der Waals surface area contributed by atoms with Gasteiger partial charge in [-0.2, -0.15) is 0 Å². The molecule has 68 valence electrons. The largest absolute Gasteiger partial charge is 0.310 e. The Morgan fingerprint density at radius 1 is 1.50 bits per heavy atom. The van der Waals surface area contributed by atoms with Gasteiger partial charge in [0.2, 0.25) is 5.91 Å². The molecule has 12 heavy (non-hydrogen) atoms. The van der Waals surface area contributed by atoms with Crippen molar-refractivity contribution in [3.8, 4) is 0 Å². The Kier molecular flexibility index (Phi) is 2.25. The molecule has 0 spiro atoms. The van der Waals surface area contributed by atoms with E-state index in [0.717, 1.165) is 0 Å². The molecule has 4 heteroatoms. The highest BCUT2D eigenvalue weighted by Crippen LogP contribution is 2.45. The van der Waals surface area contributed by atoms with Crippen LogP contribution in [0.25, 0.3) is 0 Å². The Balaban J connectivity index is 3.00. The van der Waals surface area contributed by atoms with Gasteiger partial charge in [0.25, 0.3) is 0 Å². The topological polar surface area (TPSA) is 29.1 Å². The van der Waals surface area contributed by atoms with Crippen molar-refractivity contribution in [3.05, 3.63) is 0 Å². The van der Waals surface area contributed by atoms with Crippen molar-refractivity contribution < 1.29 is 4.79 Å². The number of thioether (sulfide) groups is 1. The summed E-state index contributed by atoms with van der Waals surface area (Å²) in [4.78, 5) is 11.5. The summed E-state index contributed by atoms with van der Waals surface area (Å²) in [5, 5.41) is 2.67. The predicted molar refractivity (Wildman–Crippen MR) is 56.2 cm³/mol. The molecule has 1 heterocycles. The molecule has 1 N–H and O–H groups in total. The van der Waals surface area contributed by atoms with E-state index in [4.69, 9.17) is 12.2 Å². The molecule has 0 aromatic carbocycles. The fourth-order valence-electron chi connectivity index (χ4n) is 0.963. The first-order valence-electron chi connectivity index (χ1n) is 3.82. The van der Waals surface area contributed by atoms with E-state index in [1.54, 1.807) is 0 Å². The zero-order valence-corrected chi connectivity index (χ0v) is 9.36. The van der Waals surface area contributed by atoms with Gasteiger partial charge in [0.05, 0.1) is 0 Å². The Bertz CT molecular complexity index is 244. The first-order chi connectivity index (χ1) is 5.27. The average Bonchev–Trinajstić information content (AvgIpc) is 2.06. The van der Waals surface area contributed by atoms with Crippen LogP contribution >= 0.6 is 24.0 Å². The zero-order valence-electron chi connectivity index (χ0n) is 7.72. The standard InChI is InChI=1S/C8H13NOS2/c1-7(2,3)8(4)5(10)9-6(11)12-8/h1-4H3,(H,9,10,11)/t8-/m1/s1. The van der Waals surface area contributed by atoms with Gasteiger partial charge in [-0.3, -0.25) is 4.79 Å². The van der Waals surface area contributed by atoms with Crippen molar-refractivity contribution in [2.24, 2.45) is 5.41 Å². The molecule has 1 aliphatic rings. The molecular weight excluding hydrogens is 190 g/mol. The van der Waals surface area contributed by atoms with Crippen LogP contribution in [0.2, 0.25) is 0 Å². The van der Waals surface area contributed by atoms with Crippen molar-refractivity contribution in [2.75, 3.05) is 0 Å². The van der Waals surface area contributed by atoms with Gasteiger partial charge in [-0.05, 0) is 12.3 Å². The van der Waals surface area contributed by atoms with Crippen LogP contribution in [0.3, 0.4) is 0 Å². The SMILES string of the molecule is CC(C)(C)[C@]1(C)SC(=S)NC1=O. The predicted octanol–water partition coefficient (Wildman–Crippen LogP) is 1.94. The second-order valence-corrected chi connectivity index (χ2v) is 6.22. The molecule has 1 amide bonds. The quantitative estimate of drug-likeness (QED) is 0.610. The molecule has 1 aliphatic heterocycles. The average molecular weight is 203 g/mol. The normalized spacial score (nSPS) is 30.7. The Hall–Kier alpha value is -0.0900. The summed E-state index contributed by atoms with van der Waals surface area (Å²) < 4.78 is 0.182. The van der Waals surface area contributed by atoms with Gasteiger partial charge in [0.1, 0.15) is 9.07 Å². The molecule has 1 saturated heterocycles. The third-order valence-electron chi connectivity index (χ3n) is 2.38. The molecule has 0 aromatic heterocycles. The van der Waals surface area contributed by atoms with Gasteiger partial charge in [0.15, 0.2) is 0 Å². The van der Waals surface area contributed by atoms with Crippen LogP contribution in [-0.4, -0.2) is 15.0 Å². The van der Waals surface area contributed by atoms with Crippen molar-refractivity contribution >= 4 is 34.2 Å². The lowest BCUT2D eigenvalue weighted by Crippen LogP contribution is -2.44. The van der Waals surface area contributed by atoms with E-state index in [1.165, 1.54) is 11.8 Å². The molecule has 0 radical (unpaired) electrons. The molecule has 1 fully saturated rings. The van der Waals surface area contributed by atoms with Crippen LogP contribution in [0.1, 0.15) is 27.7 Å². The molecule has 0 bridgehead atoms. The first kappa shape index (κ1) is 9.99. The second kappa shape index (κ2) is 2.70. The van der Waals surface area contributed by atoms with Crippen molar-refractivity contribution in [2.45, 2.75) is 32.4 Å². The van der Waals surface area contributed by atoms with E-state index in [1.807, 2.05) is 27.7 Å². The summed E-state index contributed by atoms with van der Waals surface area (Å²) in [6.07, 6.45) is 0. The molecule has 0 unspecified atom stereocenters. The number of carbonyl (C=O) groups is 1. The Morgan fingerprint density at radius 3 is 2.17 bits per heavy atom. The zero-order chi connectivity index (χ0) is 9.57. The Morgan fingerprint density at radius 2 is 2.00 bits per heavy atom. The highest BCUT2D eigenvalue weighted by molar-refractivity contribution is 8.25. The third kappa shape index (κ3) is 1.38. The summed E-state index contributed by atoms with van der Waals surface area (Å²) in [5.41, 5.74) is -0.0672. The van der Waals surface area contributed by atoms with Crippen LogP contribution in [0.4, 0.5) is 0 Å². The summed E-state index contributed by atoms with van der Waals surface area (Å²) in [5.74, 6) is 0.0324. The maximum Gasteiger partial charge on any atom is 0.242 e. The van der Waals surface area contributed by atoms with Gasteiger partial charge in [-0.25, -0.2) is 0 Å². The van der Waals surface area contributed by atoms with Gasteiger partial charge in [-0.15, -0.1) is 0 Å². The van der Waals surface area contributed by atoms with Gasteiger partial charge >= 0.3 is 0 Å². The van der Waals surface area contributed by atoms with E-state index in [2.05, 4.69) is 5.32 Å². The molecule has 1 atom stereocenters. The van der Waals surface area contributed by atoms with E-state index >= 15 is 0 Å². The van der Waals surface area contributed by atoms with E-state index in [-0.39, 0.29) is 11.3 Å². The minimum atomic E-state index is -0.413. The highest BCUT2D eigenvalue weighted by atomic mass is 32.2. The molecule has 2 nitrogen and oxygen atoms in total. The molecule has 1 rings (SSSR count). The number of amides is 1. The summed E-state index contributed by atoms with van der Waals surface area (Å²) in [7, 11) is 0. The van der Waals surface area contributed by atoms with Crippen molar-refractivity contribution in [1.29, 1.82) is 0 Å². The van der Waals surface area contributed by atoms with Crippen molar-refractivity contribution in [1.82, 2.24) is 5.32 Å². The van der Waals surface area contributed by atoms with E-state index in [9.17, 15) is 4.79 Å². The first-order valence-corrected chi connectivity index (χ1v) is 5.04. The second-order valence-electron chi connectivity index (χ2n) is 4.13. The number of thiocarbonyl (C=S) groups is 1. The van der Waals surface area contributed by atoms with Crippen molar-refractivity contribution in [3.63, 3.8) is 0 Å². The number of hydrogen-bond acceptors (Lipinski definition) is 3. The third-order valence-corrected chi connectivity index (χ3v) is 4.22. The van der Waals surface area contributed by atoms with Gasteiger partial charge < -0.3 is 5.32 Å². The van der Waals surface area contributed by atoms with Gasteiger partial charge in [0, 0.05) is 0 Å². The Labute approximate surface area is 82.5 Å². The lowest BCUT2D eigenvalue weighted by molar-refractivity contribution is -0.123. The van der Waals surface area contributed by atoms with E-state index < -0.39 is 4.75 Å². The fraction of sp³-hybridized carbons (Fsp3) is 0.750. The maximum absolute atomic E-state index is 11.5. The number of carbonyl (C=O) groups excluding carboxylic acids is 1. The number of hydrogen-bond donors (Lipinski definition) is 1. The van der Waals surface area contributed by atoms with E-state index in [0.29, 0.717) is 4.32 Å². The van der Waals surface area contributed by atoms with Crippen LogP contribution in [0.15, 0.2) is 0 Å². The lowest BCUT2D eigenvalue weighted by atomic mass is 9.80. The van der Waals surface area contributed by atoms with Crippen LogP contribution in [-0.2, 0) is 4.79 Å². The summed E-state index contributed by atoms with van der Waals surface area (Å²) in [6, 6.07) is 0. The molecule has 0 aliphatic carbocycles. The van der Waals surface area contributed by atoms with Crippen LogP contribution in [0.5, 0.6) is 0 Å². The molecule has 0 saturated carbocycles. The smallest absolute Gasteiger partial charge is 0.242 e. The fourth-order valence-corrected chi connectivity index (χ4v) is 2.52. The van der Waals surface area contributed by atoms with Crippen LogP contribution < -0.4 is 5.32 Å². The summed E-state index contributed by atoms with van der Waals surface area (Å²) in [6.45, 7) is 8.08. The monoisotopic (exact) mass is 203 g/mol. The number of rotatable bonds is 0. The van der Waals surface area contributed by atoms with Crippen LogP contribution in [0, 0.1) is 5.41 Å². The maximum atomic E-state index is 11.5.